The summed E-state index contributed by atoms with van der Waals surface area (Å²) in [5, 5.41) is 9.90. The molecule has 0 aromatic heterocycles. The summed E-state index contributed by atoms with van der Waals surface area (Å²) in [7, 11) is -3.01. The van der Waals surface area contributed by atoms with Gasteiger partial charge in [0.05, 0.1) is 36.5 Å². The van der Waals surface area contributed by atoms with Crippen LogP contribution in [0.15, 0.2) is 72.8 Å². The molecule has 4 heterocycles. The van der Waals surface area contributed by atoms with Crippen LogP contribution in [0.2, 0.25) is 18.6 Å². The van der Waals surface area contributed by atoms with Crippen molar-refractivity contribution in [3.63, 3.8) is 0 Å². The van der Waals surface area contributed by atoms with E-state index in [1.165, 1.54) is 0 Å². The summed E-state index contributed by atoms with van der Waals surface area (Å²) in [6, 6.07) is 22.7. The standard InChI is InChI=1S/C36H41N3O6Si/c1-23-34(46(2,3)44)31(21-33(42)37-19-9-13-27(37)22-40)45-36(23)28-20-26(38-29-14-8-7-10-24(29)15-18-32(38)41)16-17-30(28)39(35(36)43)25-11-5-4-6-12-25/h4-8,10-12,14,16-17,20,23,27,31,34,40,44H,9,13,15,18-19,21-22H2,1-3H3/t23-,27+,31+,34-,36+/m1/s1. The minimum Gasteiger partial charge on any atom is -0.432 e. The van der Waals surface area contributed by atoms with Crippen molar-refractivity contribution in [2.45, 2.75) is 75.4 Å². The molecular weight excluding hydrogens is 598 g/mol. The van der Waals surface area contributed by atoms with Gasteiger partial charge in [0.25, 0.3) is 5.91 Å². The minimum absolute atomic E-state index is 0.00980. The highest BCUT2D eigenvalue weighted by atomic mass is 28.4. The molecule has 1 spiro atoms. The first-order valence-corrected chi connectivity index (χ1v) is 19.3. The molecule has 9 nitrogen and oxygen atoms in total. The number of rotatable bonds is 6. The first kappa shape index (κ1) is 30.8. The van der Waals surface area contributed by atoms with Gasteiger partial charge in [-0.2, -0.15) is 0 Å². The van der Waals surface area contributed by atoms with Gasteiger partial charge in [0.1, 0.15) is 0 Å². The molecular formula is C36H41N3O6Si. The average molecular weight is 640 g/mol. The van der Waals surface area contributed by atoms with E-state index in [2.05, 4.69) is 0 Å². The molecule has 3 amide bonds. The number of fused-ring (bicyclic) bond motifs is 3. The van der Waals surface area contributed by atoms with Crippen LogP contribution >= 0.6 is 0 Å². The number of aliphatic hydroxyl groups is 1. The fraction of sp³-hybridized carbons (Fsp3) is 0.417. The monoisotopic (exact) mass is 639 g/mol. The number of anilines is 4. The molecule has 2 fully saturated rings. The van der Waals surface area contributed by atoms with Crippen LogP contribution in [0.25, 0.3) is 0 Å². The number of benzene rings is 3. The predicted octanol–water partition coefficient (Wildman–Crippen LogP) is 5.15. The maximum Gasteiger partial charge on any atom is 0.268 e. The Hall–Kier alpha value is -3.83. The topological polar surface area (TPSA) is 111 Å². The van der Waals surface area contributed by atoms with E-state index >= 15 is 0 Å². The lowest BCUT2D eigenvalue weighted by atomic mass is 9.82. The first-order chi connectivity index (χ1) is 22.1. The molecule has 3 aromatic carbocycles. The number of hydrogen-bond acceptors (Lipinski definition) is 6. The van der Waals surface area contributed by atoms with Crippen molar-refractivity contribution in [2.24, 2.45) is 5.92 Å². The summed E-state index contributed by atoms with van der Waals surface area (Å²) >= 11 is 0. The second kappa shape index (κ2) is 11.4. The molecule has 0 radical (unpaired) electrons. The third-order valence-corrected chi connectivity index (χ3v) is 13.0. The van der Waals surface area contributed by atoms with Gasteiger partial charge in [0, 0.05) is 41.4 Å². The second-order valence-corrected chi connectivity index (χ2v) is 17.6. The van der Waals surface area contributed by atoms with Crippen molar-refractivity contribution in [3.8, 4) is 0 Å². The molecule has 46 heavy (non-hydrogen) atoms. The summed E-state index contributed by atoms with van der Waals surface area (Å²) in [4.78, 5) is 58.9. The SMILES string of the molecule is C[C@@H]1[C@@H]([Si](C)(C)O)[C@H](CC(=O)N2CCC[C@H]2CO)O[C@@]12C(=O)N(c1ccccc1)c1ccc(N3C(=O)CCc4ccccc43)cc12. The summed E-state index contributed by atoms with van der Waals surface area (Å²) in [6.07, 6.45) is 1.92. The van der Waals surface area contributed by atoms with Crippen molar-refractivity contribution >= 4 is 48.8 Å². The van der Waals surface area contributed by atoms with E-state index in [9.17, 15) is 24.3 Å². The molecule has 3 aromatic rings. The summed E-state index contributed by atoms with van der Waals surface area (Å²) in [6.45, 7) is 6.11. The Morgan fingerprint density at radius 1 is 0.957 bits per heavy atom. The summed E-state index contributed by atoms with van der Waals surface area (Å²) in [5.41, 5.74) is 2.62. The van der Waals surface area contributed by atoms with Crippen molar-refractivity contribution in [1.29, 1.82) is 0 Å². The largest absolute Gasteiger partial charge is 0.432 e. The van der Waals surface area contributed by atoms with Gasteiger partial charge in [-0.1, -0.05) is 43.3 Å². The maximum atomic E-state index is 14.9. The zero-order valence-corrected chi connectivity index (χ0v) is 27.6. The molecule has 0 aliphatic carbocycles. The lowest BCUT2D eigenvalue weighted by Gasteiger charge is -2.33. The highest BCUT2D eigenvalue weighted by molar-refractivity contribution is 6.71. The molecule has 2 saturated heterocycles. The highest BCUT2D eigenvalue weighted by Crippen LogP contribution is 2.61. The molecule has 4 aliphatic heterocycles. The van der Waals surface area contributed by atoms with E-state index in [-0.39, 0.29) is 36.8 Å². The van der Waals surface area contributed by atoms with E-state index < -0.39 is 31.5 Å². The van der Waals surface area contributed by atoms with Crippen LogP contribution in [-0.2, 0) is 31.1 Å². The van der Waals surface area contributed by atoms with Gasteiger partial charge >= 0.3 is 0 Å². The number of carbonyl (C=O) groups is 3. The van der Waals surface area contributed by atoms with E-state index in [4.69, 9.17) is 4.74 Å². The van der Waals surface area contributed by atoms with Crippen LogP contribution in [0.4, 0.5) is 22.7 Å². The summed E-state index contributed by atoms with van der Waals surface area (Å²) < 4.78 is 6.96. The van der Waals surface area contributed by atoms with E-state index in [0.29, 0.717) is 42.0 Å². The Balaban J connectivity index is 1.36. The minimum atomic E-state index is -3.01. The number of hydrogen-bond donors (Lipinski definition) is 2. The van der Waals surface area contributed by atoms with Crippen molar-refractivity contribution < 1.29 is 29.0 Å². The van der Waals surface area contributed by atoms with Crippen LogP contribution in [0, 0.1) is 5.92 Å². The van der Waals surface area contributed by atoms with Crippen molar-refractivity contribution in [1.82, 2.24) is 4.90 Å². The van der Waals surface area contributed by atoms with Crippen LogP contribution in [0.5, 0.6) is 0 Å². The molecule has 4 aliphatic rings. The zero-order chi connectivity index (χ0) is 32.4. The lowest BCUT2D eigenvalue weighted by molar-refractivity contribution is -0.149. The van der Waals surface area contributed by atoms with E-state index in [1.54, 1.807) is 14.7 Å². The third-order valence-electron chi connectivity index (χ3n) is 10.5. The zero-order valence-electron chi connectivity index (χ0n) is 26.6. The van der Waals surface area contributed by atoms with Gasteiger partial charge in [-0.3, -0.25) is 24.2 Å². The Morgan fingerprint density at radius 2 is 1.70 bits per heavy atom. The van der Waals surface area contributed by atoms with Crippen LogP contribution in [-0.4, -0.2) is 66.1 Å². The lowest BCUT2D eigenvalue weighted by Crippen LogP contribution is -2.45. The fourth-order valence-corrected chi connectivity index (χ4v) is 11.1. The molecule has 2 N–H and O–H groups in total. The Bertz CT molecular complexity index is 1690. The molecule has 0 saturated carbocycles. The molecule has 0 unspecified atom stereocenters. The number of carbonyl (C=O) groups excluding carboxylic acids is 3. The fourth-order valence-electron chi connectivity index (χ4n) is 8.52. The Labute approximate surface area is 270 Å². The normalized spacial score (nSPS) is 27.5. The molecule has 240 valence electrons. The summed E-state index contributed by atoms with van der Waals surface area (Å²) in [5.74, 6) is -0.893. The molecule has 10 heteroatoms. The number of nitrogens with zero attached hydrogens (tertiary/aromatic N) is 3. The van der Waals surface area contributed by atoms with Gasteiger partial charge in [-0.15, -0.1) is 0 Å². The molecule has 7 rings (SSSR count). The van der Waals surface area contributed by atoms with Crippen molar-refractivity contribution in [3.05, 3.63) is 83.9 Å². The van der Waals surface area contributed by atoms with Crippen LogP contribution in [0.3, 0.4) is 0 Å². The molecule has 0 bridgehead atoms. The number of aryl methyl sites for hydroxylation is 1. The number of ether oxygens (including phenoxy) is 1. The van der Waals surface area contributed by atoms with Gasteiger partial charge < -0.3 is 19.5 Å². The van der Waals surface area contributed by atoms with E-state index in [1.807, 2.05) is 92.8 Å². The van der Waals surface area contributed by atoms with Gasteiger partial charge in [-0.05, 0) is 74.3 Å². The number of likely N-dealkylation sites (tertiary alicyclic amines) is 1. The van der Waals surface area contributed by atoms with Crippen LogP contribution in [0.1, 0.15) is 43.7 Å². The average Bonchev–Trinajstić information content (AvgIpc) is 3.70. The highest BCUT2D eigenvalue weighted by Gasteiger charge is 2.67. The third kappa shape index (κ3) is 4.73. The first-order valence-electron chi connectivity index (χ1n) is 16.3. The second-order valence-electron chi connectivity index (χ2n) is 13.7. The number of para-hydroxylation sites is 2. The smallest absolute Gasteiger partial charge is 0.268 e. The molecule has 5 atom stereocenters. The predicted molar refractivity (Wildman–Crippen MR) is 178 cm³/mol. The maximum absolute atomic E-state index is 14.9. The van der Waals surface area contributed by atoms with E-state index in [0.717, 1.165) is 24.1 Å². The Morgan fingerprint density at radius 3 is 2.43 bits per heavy atom. The van der Waals surface area contributed by atoms with Crippen molar-refractivity contribution in [2.75, 3.05) is 23.0 Å². The number of amides is 3. The number of aliphatic hydroxyl groups excluding tert-OH is 1. The quantitative estimate of drug-likeness (QED) is 0.361. The van der Waals surface area contributed by atoms with Crippen LogP contribution < -0.4 is 9.80 Å². The van der Waals surface area contributed by atoms with Gasteiger partial charge in [0.2, 0.25) is 11.8 Å². The van der Waals surface area contributed by atoms with Gasteiger partial charge in [0.15, 0.2) is 13.9 Å². The van der Waals surface area contributed by atoms with Gasteiger partial charge in [-0.25, -0.2) is 0 Å². The Kier molecular flexibility index (Phi) is 7.67.